The number of morpholine rings is 1. The lowest BCUT2D eigenvalue weighted by Crippen LogP contribution is -2.44. The van der Waals surface area contributed by atoms with E-state index in [2.05, 4.69) is 21.7 Å². The van der Waals surface area contributed by atoms with E-state index < -0.39 is 0 Å². The van der Waals surface area contributed by atoms with E-state index in [9.17, 15) is 9.59 Å². The van der Waals surface area contributed by atoms with Crippen LogP contribution in [0.2, 0.25) is 0 Å². The van der Waals surface area contributed by atoms with Crippen LogP contribution < -0.4 is 5.32 Å². The number of hydrogen-bond donors (Lipinski definition) is 1. The average molecular weight is 337 g/mol. The van der Waals surface area contributed by atoms with Crippen LogP contribution in [0.3, 0.4) is 0 Å². The number of hydrogen-bond acceptors (Lipinski definition) is 5. The second-order valence-corrected chi connectivity index (χ2v) is 7.08. The van der Waals surface area contributed by atoms with E-state index in [0.29, 0.717) is 19.5 Å². The summed E-state index contributed by atoms with van der Waals surface area (Å²) in [6.45, 7) is 4.32. The molecule has 1 aromatic heterocycles. The van der Waals surface area contributed by atoms with Gasteiger partial charge in [-0.2, -0.15) is 0 Å². The van der Waals surface area contributed by atoms with Gasteiger partial charge < -0.3 is 15.0 Å². The maximum atomic E-state index is 12.4. The summed E-state index contributed by atoms with van der Waals surface area (Å²) in [6.07, 6.45) is 0.323. The number of likely N-dealkylation sites (tertiary alicyclic amines) is 1. The molecule has 23 heavy (non-hydrogen) atoms. The molecule has 3 heterocycles. The van der Waals surface area contributed by atoms with Crippen molar-refractivity contribution in [3.63, 3.8) is 0 Å². The van der Waals surface area contributed by atoms with Crippen LogP contribution in [0.1, 0.15) is 17.3 Å². The normalized spacial score (nSPS) is 24.0. The molecule has 0 aromatic carbocycles. The highest BCUT2D eigenvalue weighted by atomic mass is 32.1. The van der Waals surface area contributed by atoms with E-state index in [1.165, 1.54) is 4.88 Å². The molecule has 126 valence electrons. The Bertz CT molecular complexity index is 543. The summed E-state index contributed by atoms with van der Waals surface area (Å²) in [5, 5.41) is 5.12. The van der Waals surface area contributed by atoms with Crippen molar-refractivity contribution in [3.05, 3.63) is 22.4 Å². The molecule has 2 aliphatic rings. The molecule has 2 amide bonds. The van der Waals surface area contributed by atoms with Crippen LogP contribution in [0.15, 0.2) is 17.5 Å². The number of nitrogens with one attached hydrogen (secondary N) is 1. The van der Waals surface area contributed by atoms with Crippen LogP contribution >= 0.6 is 11.3 Å². The highest BCUT2D eigenvalue weighted by Crippen LogP contribution is 2.25. The van der Waals surface area contributed by atoms with Crippen molar-refractivity contribution >= 4 is 23.2 Å². The minimum atomic E-state index is -0.221. The van der Waals surface area contributed by atoms with Gasteiger partial charge in [-0.25, -0.2) is 0 Å². The second kappa shape index (κ2) is 7.42. The third-order valence-corrected chi connectivity index (χ3v) is 5.51. The minimum Gasteiger partial charge on any atom is -0.379 e. The second-order valence-electron chi connectivity index (χ2n) is 6.10. The van der Waals surface area contributed by atoms with E-state index in [-0.39, 0.29) is 23.8 Å². The van der Waals surface area contributed by atoms with Gasteiger partial charge in [-0.15, -0.1) is 11.3 Å². The highest BCUT2D eigenvalue weighted by Gasteiger charge is 2.33. The van der Waals surface area contributed by atoms with Gasteiger partial charge in [-0.05, 0) is 11.4 Å². The number of amides is 2. The van der Waals surface area contributed by atoms with Crippen molar-refractivity contribution in [2.75, 3.05) is 46.4 Å². The fourth-order valence-electron chi connectivity index (χ4n) is 3.16. The first-order chi connectivity index (χ1) is 11.1. The Morgan fingerprint density at radius 3 is 2.87 bits per heavy atom. The first-order valence-electron chi connectivity index (χ1n) is 8.02. The maximum Gasteiger partial charge on any atom is 0.225 e. The first kappa shape index (κ1) is 16.4. The standard InChI is InChI=1S/C16H23N3O3S/c1-18-11-12(9-15(18)20)16(21)17-10-13(14-3-2-8-23-14)19-4-6-22-7-5-19/h2-3,8,12-13H,4-7,9-11H2,1H3,(H,17,21)/t12-,13-/m0/s1. The quantitative estimate of drug-likeness (QED) is 0.860. The summed E-state index contributed by atoms with van der Waals surface area (Å²) in [4.78, 5) is 29.2. The summed E-state index contributed by atoms with van der Waals surface area (Å²) in [5.41, 5.74) is 0. The lowest BCUT2D eigenvalue weighted by Gasteiger charge is -2.34. The molecule has 0 saturated carbocycles. The molecular weight excluding hydrogens is 314 g/mol. The van der Waals surface area contributed by atoms with Crippen LogP contribution in [0.4, 0.5) is 0 Å². The van der Waals surface area contributed by atoms with E-state index in [0.717, 1.165) is 26.3 Å². The maximum absolute atomic E-state index is 12.4. The van der Waals surface area contributed by atoms with Gasteiger partial charge in [0.05, 0.1) is 25.2 Å². The van der Waals surface area contributed by atoms with Crippen molar-refractivity contribution in [1.29, 1.82) is 0 Å². The first-order valence-corrected chi connectivity index (χ1v) is 8.90. The average Bonchev–Trinajstić information content (AvgIpc) is 3.19. The lowest BCUT2D eigenvalue weighted by molar-refractivity contribution is -0.128. The number of carbonyl (C=O) groups is 2. The Balaban J connectivity index is 1.60. The molecule has 6 nitrogen and oxygen atoms in total. The monoisotopic (exact) mass is 337 g/mol. The zero-order valence-electron chi connectivity index (χ0n) is 13.4. The number of thiophene rings is 1. The van der Waals surface area contributed by atoms with Crippen LogP contribution in [0.25, 0.3) is 0 Å². The van der Waals surface area contributed by atoms with Crippen molar-refractivity contribution in [2.24, 2.45) is 5.92 Å². The van der Waals surface area contributed by atoms with Gasteiger partial charge in [0.15, 0.2) is 0 Å². The summed E-state index contributed by atoms with van der Waals surface area (Å²) >= 11 is 1.71. The predicted octanol–water partition coefficient (Wildman–Crippen LogP) is 0.716. The summed E-state index contributed by atoms with van der Waals surface area (Å²) in [5.74, 6) is -0.188. The third kappa shape index (κ3) is 3.91. The Labute approximate surface area is 140 Å². The van der Waals surface area contributed by atoms with Gasteiger partial charge >= 0.3 is 0 Å². The van der Waals surface area contributed by atoms with Crippen LogP contribution in [0.5, 0.6) is 0 Å². The van der Waals surface area contributed by atoms with E-state index in [4.69, 9.17) is 4.74 Å². The fourth-order valence-corrected chi connectivity index (χ4v) is 4.02. The molecule has 1 N–H and O–H groups in total. The molecule has 2 aliphatic heterocycles. The van der Waals surface area contributed by atoms with Crippen LogP contribution in [-0.2, 0) is 14.3 Å². The van der Waals surface area contributed by atoms with Gasteiger partial charge in [-0.3, -0.25) is 14.5 Å². The summed E-state index contributed by atoms with van der Waals surface area (Å²) in [7, 11) is 1.75. The van der Waals surface area contributed by atoms with Gasteiger partial charge in [-0.1, -0.05) is 6.07 Å². The zero-order valence-corrected chi connectivity index (χ0v) is 14.2. The molecule has 2 saturated heterocycles. The molecule has 1 aromatic rings. The molecule has 0 radical (unpaired) electrons. The minimum absolute atomic E-state index is 0.0162. The Morgan fingerprint density at radius 1 is 1.48 bits per heavy atom. The molecule has 7 heteroatoms. The Morgan fingerprint density at radius 2 is 2.26 bits per heavy atom. The molecule has 0 aliphatic carbocycles. The van der Waals surface area contributed by atoms with Crippen molar-refractivity contribution < 1.29 is 14.3 Å². The smallest absolute Gasteiger partial charge is 0.225 e. The highest BCUT2D eigenvalue weighted by molar-refractivity contribution is 7.10. The van der Waals surface area contributed by atoms with Gasteiger partial charge in [0.25, 0.3) is 0 Å². The fraction of sp³-hybridized carbons (Fsp3) is 0.625. The summed E-state index contributed by atoms with van der Waals surface area (Å²) in [6, 6.07) is 4.33. The Hall–Kier alpha value is -1.44. The summed E-state index contributed by atoms with van der Waals surface area (Å²) < 4.78 is 5.43. The molecule has 2 atom stereocenters. The van der Waals surface area contributed by atoms with E-state index in [1.54, 1.807) is 23.3 Å². The molecule has 2 fully saturated rings. The van der Waals surface area contributed by atoms with Crippen molar-refractivity contribution in [1.82, 2.24) is 15.1 Å². The largest absolute Gasteiger partial charge is 0.379 e. The van der Waals surface area contributed by atoms with Crippen molar-refractivity contribution in [3.8, 4) is 0 Å². The van der Waals surface area contributed by atoms with E-state index in [1.807, 2.05) is 6.07 Å². The third-order valence-electron chi connectivity index (χ3n) is 4.54. The number of carbonyl (C=O) groups excluding carboxylic acids is 2. The van der Waals surface area contributed by atoms with Crippen molar-refractivity contribution in [2.45, 2.75) is 12.5 Å². The zero-order chi connectivity index (χ0) is 16.2. The number of nitrogens with zero attached hydrogens (tertiary/aromatic N) is 2. The molecule has 0 spiro atoms. The molecule has 0 bridgehead atoms. The molecular formula is C16H23N3O3S. The SMILES string of the molecule is CN1C[C@@H](C(=O)NC[C@@H](c2cccs2)N2CCOCC2)CC1=O. The van der Waals surface area contributed by atoms with E-state index >= 15 is 0 Å². The number of ether oxygens (including phenoxy) is 1. The van der Waals surface area contributed by atoms with Gasteiger partial charge in [0.2, 0.25) is 11.8 Å². The van der Waals surface area contributed by atoms with Gasteiger partial charge in [0.1, 0.15) is 0 Å². The lowest BCUT2D eigenvalue weighted by atomic mass is 10.1. The number of rotatable bonds is 5. The van der Waals surface area contributed by atoms with Crippen LogP contribution in [0, 0.1) is 5.92 Å². The molecule has 0 unspecified atom stereocenters. The van der Waals surface area contributed by atoms with Crippen LogP contribution in [-0.4, -0.2) is 68.1 Å². The van der Waals surface area contributed by atoms with Gasteiger partial charge in [0, 0.05) is 44.5 Å². The Kier molecular flexibility index (Phi) is 5.30. The molecule has 3 rings (SSSR count). The topological polar surface area (TPSA) is 61.9 Å². The predicted molar refractivity (Wildman–Crippen MR) is 88.2 cm³/mol.